The summed E-state index contributed by atoms with van der Waals surface area (Å²) in [5, 5.41) is 16.2. The van der Waals surface area contributed by atoms with Crippen LogP contribution >= 0.6 is 0 Å². The third-order valence-electron chi connectivity index (χ3n) is 6.53. The van der Waals surface area contributed by atoms with E-state index in [-0.39, 0.29) is 16.9 Å². The second-order valence-corrected chi connectivity index (χ2v) is 9.23. The summed E-state index contributed by atoms with van der Waals surface area (Å²) in [5.41, 5.74) is 6.00. The highest BCUT2D eigenvalue weighted by molar-refractivity contribution is 6.01. The van der Waals surface area contributed by atoms with E-state index in [2.05, 4.69) is 55.3 Å². The van der Waals surface area contributed by atoms with Crippen molar-refractivity contribution in [2.45, 2.75) is 45.6 Å². The molecule has 1 aliphatic heterocycles. The minimum Gasteiger partial charge on any atom is -0.507 e. The number of carbonyl (C=O) groups excluding carboxylic acids is 1. The summed E-state index contributed by atoms with van der Waals surface area (Å²) in [6.45, 7) is 9.87. The van der Waals surface area contributed by atoms with Crippen molar-refractivity contribution >= 4 is 28.6 Å². The van der Waals surface area contributed by atoms with Crippen molar-refractivity contribution in [3.05, 3.63) is 65.2 Å². The summed E-state index contributed by atoms with van der Waals surface area (Å²) in [6.07, 6.45) is 2.65. The first-order valence-electron chi connectivity index (χ1n) is 11.3. The van der Waals surface area contributed by atoms with E-state index in [4.69, 9.17) is 4.74 Å². The molecule has 0 saturated carbocycles. The van der Waals surface area contributed by atoms with E-state index in [1.165, 1.54) is 11.3 Å². The number of hydrogen-bond donors (Lipinski definition) is 2. The zero-order valence-corrected chi connectivity index (χ0v) is 19.8. The molecule has 3 aromatic carbocycles. The van der Waals surface area contributed by atoms with Gasteiger partial charge in [0.25, 0.3) is 5.91 Å². The van der Waals surface area contributed by atoms with Crippen LogP contribution in [0, 0.1) is 0 Å². The number of ether oxygens (including phenoxy) is 1. The number of phenolic OH excluding ortho intramolecular Hbond substituents is 1. The summed E-state index contributed by atoms with van der Waals surface area (Å²) in [6, 6.07) is 15.0. The monoisotopic (exact) mass is 445 g/mol. The van der Waals surface area contributed by atoms with Crippen LogP contribution in [-0.2, 0) is 0 Å². The number of methoxy groups -OCH3 is 1. The van der Waals surface area contributed by atoms with Gasteiger partial charge in [-0.05, 0) is 67.6 Å². The summed E-state index contributed by atoms with van der Waals surface area (Å²) in [5.74, 6) is 0.534. The third-order valence-corrected chi connectivity index (χ3v) is 6.53. The fraction of sp³-hybridized carbons (Fsp3) is 0.333. The maximum Gasteiger partial charge on any atom is 0.275 e. The molecule has 0 saturated heterocycles. The number of amides is 1. The van der Waals surface area contributed by atoms with E-state index in [0.29, 0.717) is 11.7 Å². The molecule has 1 unspecified atom stereocenters. The van der Waals surface area contributed by atoms with Gasteiger partial charge in [-0.3, -0.25) is 4.79 Å². The zero-order chi connectivity index (χ0) is 23.8. The molecule has 172 valence electrons. The number of rotatable bonds is 5. The number of fused-ring (bicyclic) bond motifs is 2. The van der Waals surface area contributed by atoms with E-state index in [9.17, 15) is 9.90 Å². The van der Waals surface area contributed by atoms with E-state index >= 15 is 0 Å². The number of hydrazone groups is 1. The van der Waals surface area contributed by atoms with Crippen LogP contribution in [0.4, 0.5) is 5.69 Å². The predicted molar refractivity (Wildman–Crippen MR) is 134 cm³/mol. The lowest BCUT2D eigenvalue weighted by Gasteiger charge is -2.47. The van der Waals surface area contributed by atoms with Crippen molar-refractivity contribution in [3.8, 4) is 11.5 Å². The average molecular weight is 446 g/mol. The first-order chi connectivity index (χ1) is 15.7. The van der Waals surface area contributed by atoms with Gasteiger partial charge in [-0.15, -0.1) is 0 Å². The molecule has 0 spiro atoms. The second-order valence-electron chi connectivity index (χ2n) is 9.23. The standard InChI is InChI=1S/C27H31N3O3/c1-6-30-23-14-25(33-5)20(12-21(23)17(2)15-27(30,3)4)16-28-29-26(32)22-11-18-9-7-8-10-19(18)13-24(22)31/h7-14,16-17,31H,6,15H2,1-5H3,(H,29,32)/b28-16-. The summed E-state index contributed by atoms with van der Waals surface area (Å²) in [4.78, 5) is 15.1. The SMILES string of the molecule is CCN1c2cc(OC)c(/C=N\NC(=O)c3cc4ccccc4cc3O)cc2C(C)CC1(C)C. The third kappa shape index (κ3) is 4.25. The Kier molecular flexibility index (Phi) is 6.02. The molecular weight excluding hydrogens is 414 g/mol. The molecule has 1 aliphatic rings. The van der Waals surface area contributed by atoms with Crippen molar-refractivity contribution < 1.29 is 14.6 Å². The maximum absolute atomic E-state index is 12.7. The topological polar surface area (TPSA) is 74.2 Å². The Morgan fingerprint density at radius 2 is 1.94 bits per heavy atom. The van der Waals surface area contributed by atoms with Crippen molar-refractivity contribution in [2.75, 3.05) is 18.6 Å². The first kappa shape index (κ1) is 22.6. The number of aromatic hydroxyl groups is 1. The van der Waals surface area contributed by atoms with Gasteiger partial charge in [-0.1, -0.05) is 31.2 Å². The Labute approximate surface area is 194 Å². The van der Waals surface area contributed by atoms with Crippen LogP contribution in [0.3, 0.4) is 0 Å². The fourth-order valence-electron chi connectivity index (χ4n) is 5.03. The molecule has 4 rings (SSSR count). The minimum atomic E-state index is -0.473. The van der Waals surface area contributed by atoms with Gasteiger partial charge in [0.2, 0.25) is 0 Å². The Bertz CT molecular complexity index is 1230. The lowest BCUT2D eigenvalue weighted by Crippen LogP contribution is -2.48. The number of anilines is 1. The van der Waals surface area contributed by atoms with Crippen LogP contribution in [0.15, 0.2) is 53.6 Å². The van der Waals surface area contributed by atoms with Crippen molar-refractivity contribution in [1.82, 2.24) is 5.43 Å². The Morgan fingerprint density at radius 1 is 1.24 bits per heavy atom. The van der Waals surface area contributed by atoms with E-state index in [1.54, 1.807) is 25.5 Å². The minimum absolute atomic E-state index is 0.0671. The Balaban J connectivity index is 1.61. The molecular formula is C27H31N3O3. The molecule has 1 heterocycles. The van der Waals surface area contributed by atoms with Crippen LogP contribution in [0.25, 0.3) is 10.8 Å². The van der Waals surface area contributed by atoms with Gasteiger partial charge in [-0.2, -0.15) is 5.10 Å². The van der Waals surface area contributed by atoms with Crippen molar-refractivity contribution in [1.29, 1.82) is 0 Å². The van der Waals surface area contributed by atoms with Crippen LogP contribution < -0.4 is 15.1 Å². The summed E-state index contributed by atoms with van der Waals surface area (Å²) < 4.78 is 5.65. The molecule has 6 heteroatoms. The van der Waals surface area contributed by atoms with Gasteiger partial charge in [0, 0.05) is 29.4 Å². The maximum atomic E-state index is 12.7. The number of hydrogen-bond acceptors (Lipinski definition) is 5. The highest BCUT2D eigenvalue weighted by Gasteiger charge is 2.36. The van der Waals surface area contributed by atoms with E-state index in [0.717, 1.165) is 29.3 Å². The highest BCUT2D eigenvalue weighted by Crippen LogP contribution is 2.45. The van der Waals surface area contributed by atoms with Crippen LogP contribution in [0.5, 0.6) is 11.5 Å². The zero-order valence-electron chi connectivity index (χ0n) is 19.8. The molecule has 33 heavy (non-hydrogen) atoms. The average Bonchev–Trinajstić information content (AvgIpc) is 2.78. The number of nitrogens with one attached hydrogen (secondary N) is 1. The number of carbonyl (C=O) groups is 1. The molecule has 0 bridgehead atoms. The van der Waals surface area contributed by atoms with Gasteiger partial charge >= 0.3 is 0 Å². The molecule has 0 fully saturated rings. The van der Waals surface area contributed by atoms with Crippen LogP contribution in [-0.4, -0.2) is 36.4 Å². The largest absolute Gasteiger partial charge is 0.507 e. The Morgan fingerprint density at radius 3 is 2.61 bits per heavy atom. The van der Waals surface area contributed by atoms with Gasteiger partial charge < -0.3 is 14.7 Å². The second kappa shape index (κ2) is 8.77. The number of benzene rings is 3. The van der Waals surface area contributed by atoms with Gasteiger partial charge in [-0.25, -0.2) is 5.43 Å². The van der Waals surface area contributed by atoms with Crippen molar-refractivity contribution in [3.63, 3.8) is 0 Å². The fourth-order valence-corrected chi connectivity index (χ4v) is 5.03. The molecule has 6 nitrogen and oxygen atoms in total. The molecule has 0 aliphatic carbocycles. The highest BCUT2D eigenvalue weighted by atomic mass is 16.5. The first-order valence-corrected chi connectivity index (χ1v) is 11.3. The van der Waals surface area contributed by atoms with Crippen LogP contribution in [0.1, 0.15) is 61.5 Å². The lowest BCUT2D eigenvalue weighted by atomic mass is 9.79. The van der Waals surface area contributed by atoms with Crippen LogP contribution in [0.2, 0.25) is 0 Å². The quantitative estimate of drug-likeness (QED) is 0.406. The number of phenols is 1. The van der Waals surface area contributed by atoms with E-state index in [1.807, 2.05) is 24.3 Å². The molecule has 0 radical (unpaired) electrons. The predicted octanol–water partition coefficient (Wildman–Crippen LogP) is 5.43. The molecule has 2 N–H and O–H groups in total. The molecule has 1 amide bonds. The molecule has 0 aromatic heterocycles. The van der Waals surface area contributed by atoms with Gasteiger partial charge in [0.05, 0.1) is 18.9 Å². The molecule has 1 atom stereocenters. The molecule has 3 aromatic rings. The normalized spacial score (nSPS) is 17.2. The Hall–Kier alpha value is -3.54. The van der Waals surface area contributed by atoms with Gasteiger partial charge in [0.1, 0.15) is 11.5 Å². The van der Waals surface area contributed by atoms with Crippen molar-refractivity contribution in [2.24, 2.45) is 5.10 Å². The van der Waals surface area contributed by atoms with Gasteiger partial charge in [0.15, 0.2) is 0 Å². The summed E-state index contributed by atoms with van der Waals surface area (Å²) in [7, 11) is 1.64. The lowest BCUT2D eigenvalue weighted by molar-refractivity contribution is 0.0952. The van der Waals surface area contributed by atoms with E-state index < -0.39 is 5.91 Å². The summed E-state index contributed by atoms with van der Waals surface area (Å²) >= 11 is 0. The number of nitrogens with zero attached hydrogens (tertiary/aromatic N) is 2. The smallest absolute Gasteiger partial charge is 0.275 e.